The Balaban J connectivity index is 1.22. The molecule has 0 unspecified atom stereocenters. The summed E-state index contributed by atoms with van der Waals surface area (Å²) in [6.45, 7) is 28.3. The molecule has 0 saturated heterocycles. The molecule has 73 heavy (non-hydrogen) atoms. The summed E-state index contributed by atoms with van der Waals surface area (Å²) in [6, 6.07) is 68.8. The van der Waals surface area contributed by atoms with Crippen LogP contribution in [0.15, 0.2) is 176 Å². The van der Waals surface area contributed by atoms with Crippen LogP contribution in [0.2, 0.25) is 0 Å². The van der Waals surface area contributed by atoms with Crippen LogP contribution in [0.3, 0.4) is 0 Å². The smallest absolute Gasteiger partial charge is 0.252 e. The highest BCUT2D eigenvalue weighted by Gasteiger charge is 2.45. The lowest BCUT2D eigenvalue weighted by atomic mass is 9.33. The summed E-state index contributed by atoms with van der Waals surface area (Å²) in [5.74, 6) is 0. The molecule has 0 radical (unpaired) electrons. The van der Waals surface area contributed by atoms with E-state index >= 15 is 0 Å². The molecule has 11 aromatic rings. The van der Waals surface area contributed by atoms with Crippen LogP contribution in [0, 0.1) is 0 Å². The van der Waals surface area contributed by atoms with Crippen LogP contribution in [0.4, 0.5) is 34.1 Å². The van der Waals surface area contributed by atoms with Gasteiger partial charge in [0.25, 0.3) is 6.71 Å². The SMILES string of the molecule is CC(C)(C)c1cc(N2c3cc(-c4cc5ccc6cccc7ccc(c4)c5c67)cc4c3B(c3ccc5ccccc5c32)c2ccc3ccccc3c2N4c2cc(C(C)(C)C)cc(C(C)(C)C)c2)cc(C(C)(C)C)c1. The second-order valence-electron chi connectivity index (χ2n) is 25.5. The van der Waals surface area contributed by atoms with Gasteiger partial charge in [0.2, 0.25) is 0 Å². The molecule has 0 aliphatic carbocycles. The van der Waals surface area contributed by atoms with Gasteiger partial charge in [-0.25, -0.2) is 0 Å². The van der Waals surface area contributed by atoms with Crippen LogP contribution in [-0.2, 0) is 21.7 Å². The van der Waals surface area contributed by atoms with Gasteiger partial charge in [-0.1, -0.05) is 210 Å². The standard InChI is InChI=1S/C70H65BN2/c1-67(2,3)50-36-51(68(4,5)6)39-54(38-50)72-60-34-49(48-32-46-26-24-44-20-17-21-45-25-27-47(33-48)63(46)62(44)45)35-61-64(60)71(58-30-28-42-18-13-15-22-56(42)65(58)72)59-31-29-43-19-14-16-23-57(43)66(59)73(61)55-40-52(69(7,8)9)37-53(41-55)70(10,11)12/h13-41H,1-12H3. The highest BCUT2D eigenvalue weighted by molar-refractivity contribution is 7.00. The van der Waals surface area contributed by atoms with Gasteiger partial charge in [-0.15, -0.1) is 0 Å². The predicted molar refractivity (Wildman–Crippen MR) is 319 cm³/mol. The summed E-state index contributed by atoms with van der Waals surface area (Å²) >= 11 is 0. The monoisotopic (exact) mass is 945 g/mol. The van der Waals surface area contributed by atoms with E-state index in [0.717, 1.165) is 0 Å². The van der Waals surface area contributed by atoms with Gasteiger partial charge in [0.15, 0.2) is 0 Å². The molecule has 0 N–H and O–H groups in total. The van der Waals surface area contributed by atoms with E-state index in [9.17, 15) is 0 Å². The van der Waals surface area contributed by atoms with Crippen molar-refractivity contribution in [3.05, 3.63) is 198 Å². The maximum Gasteiger partial charge on any atom is 0.252 e. The molecule has 2 aliphatic heterocycles. The Morgan fingerprint density at radius 1 is 0.315 bits per heavy atom. The summed E-state index contributed by atoms with van der Waals surface area (Å²) < 4.78 is 0. The quantitative estimate of drug-likeness (QED) is 0.129. The van der Waals surface area contributed by atoms with Crippen molar-refractivity contribution in [1.82, 2.24) is 0 Å². The van der Waals surface area contributed by atoms with E-state index in [2.05, 4.69) is 269 Å². The number of rotatable bonds is 3. The fraction of sp³-hybridized carbons (Fsp3) is 0.229. The van der Waals surface area contributed by atoms with Crippen molar-refractivity contribution in [3.8, 4) is 11.1 Å². The second kappa shape index (κ2) is 15.6. The molecule has 358 valence electrons. The van der Waals surface area contributed by atoms with Crippen molar-refractivity contribution in [2.75, 3.05) is 9.80 Å². The lowest BCUT2D eigenvalue weighted by Crippen LogP contribution is -2.61. The first-order chi connectivity index (χ1) is 34.7. The highest BCUT2D eigenvalue weighted by atomic mass is 15.2. The Kier molecular flexibility index (Phi) is 9.71. The molecule has 3 heteroatoms. The zero-order chi connectivity index (χ0) is 50.7. The average Bonchev–Trinajstić information content (AvgIpc) is 3.36. The molecule has 0 bridgehead atoms. The Hall–Kier alpha value is -7.36. The number of hydrogen-bond donors (Lipinski definition) is 0. The minimum Gasteiger partial charge on any atom is -0.311 e. The maximum atomic E-state index is 2.68. The van der Waals surface area contributed by atoms with E-state index in [1.54, 1.807) is 0 Å². The Bertz CT molecular complexity index is 3770. The fourth-order valence-electron chi connectivity index (χ4n) is 12.4. The van der Waals surface area contributed by atoms with Crippen LogP contribution in [0.25, 0.3) is 65.0 Å². The summed E-state index contributed by atoms with van der Waals surface area (Å²) in [4.78, 5) is 5.37. The number of benzene rings is 11. The first-order valence-corrected chi connectivity index (χ1v) is 26.5. The molecule has 0 fully saturated rings. The number of nitrogens with zero attached hydrogens (tertiary/aromatic N) is 2. The minimum atomic E-state index is -0.0825. The van der Waals surface area contributed by atoms with Crippen molar-refractivity contribution < 1.29 is 0 Å². The first-order valence-electron chi connectivity index (χ1n) is 26.5. The third-order valence-electron chi connectivity index (χ3n) is 16.5. The summed E-state index contributed by atoms with van der Waals surface area (Å²) in [6.07, 6.45) is 0. The summed E-state index contributed by atoms with van der Waals surface area (Å²) in [5.41, 5.74) is 18.8. The van der Waals surface area contributed by atoms with Gasteiger partial charge in [-0.05, 0) is 163 Å². The van der Waals surface area contributed by atoms with Crippen LogP contribution in [0.5, 0.6) is 0 Å². The van der Waals surface area contributed by atoms with E-state index in [0.29, 0.717) is 0 Å². The van der Waals surface area contributed by atoms with Crippen LogP contribution >= 0.6 is 0 Å². The van der Waals surface area contributed by atoms with Crippen molar-refractivity contribution in [3.63, 3.8) is 0 Å². The molecule has 2 nitrogen and oxygen atoms in total. The lowest BCUT2D eigenvalue weighted by molar-refractivity contribution is 0.568. The fourth-order valence-corrected chi connectivity index (χ4v) is 12.4. The van der Waals surface area contributed by atoms with Crippen molar-refractivity contribution in [2.45, 2.75) is 105 Å². The van der Waals surface area contributed by atoms with Gasteiger partial charge >= 0.3 is 0 Å². The number of anilines is 6. The van der Waals surface area contributed by atoms with Crippen molar-refractivity contribution in [2.24, 2.45) is 0 Å². The molecule has 11 aromatic carbocycles. The molecule has 2 heterocycles. The van der Waals surface area contributed by atoms with Gasteiger partial charge in [-0.3, -0.25) is 0 Å². The van der Waals surface area contributed by atoms with Gasteiger partial charge in [-0.2, -0.15) is 0 Å². The zero-order valence-electron chi connectivity index (χ0n) is 44.7. The molecular formula is C70H65BN2. The van der Waals surface area contributed by atoms with Crippen LogP contribution < -0.4 is 26.2 Å². The number of fused-ring (bicyclic) bond motifs is 8. The van der Waals surface area contributed by atoms with E-state index in [4.69, 9.17) is 0 Å². The normalized spacial score (nSPS) is 13.9. The molecule has 0 aromatic heterocycles. The van der Waals surface area contributed by atoms with E-state index < -0.39 is 0 Å². The predicted octanol–water partition coefficient (Wildman–Crippen LogP) is 17.8. The van der Waals surface area contributed by atoms with Gasteiger partial charge in [0.1, 0.15) is 0 Å². The molecule has 2 aliphatic rings. The third kappa shape index (κ3) is 7.13. The summed E-state index contributed by atoms with van der Waals surface area (Å²) in [5, 5.41) is 12.8. The van der Waals surface area contributed by atoms with Gasteiger partial charge in [0, 0.05) is 44.9 Å². The molecule has 13 rings (SSSR count). The van der Waals surface area contributed by atoms with Gasteiger partial charge < -0.3 is 9.80 Å². The number of hydrogen-bond acceptors (Lipinski definition) is 2. The van der Waals surface area contributed by atoms with Crippen molar-refractivity contribution >= 4 is 111 Å². The molecule has 0 amide bonds. The topological polar surface area (TPSA) is 6.48 Å². The lowest BCUT2D eigenvalue weighted by Gasteiger charge is -2.46. The van der Waals surface area contributed by atoms with Crippen LogP contribution in [0.1, 0.15) is 105 Å². The van der Waals surface area contributed by atoms with E-state index in [-0.39, 0.29) is 28.4 Å². The van der Waals surface area contributed by atoms with E-state index in [1.165, 1.54) is 138 Å². The molecule has 0 spiro atoms. The first kappa shape index (κ1) is 45.5. The summed E-state index contributed by atoms with van der Waals surface area (Å²) in [7, 11) is 0. The van der Waals surface area contributed by atoms with Gasteiger partial charge in [0.05, 0.1) is 0 Å². The maximum absolute atomic E-state index is 2.68. The second-order valence-corrected chi connectivity index (χ2v) is 25.5. The third-order valence-corrected chi connectivity index (χ3v) is 16.5. The molecular weight excluding hydrogens is 880 g/mol. The Morgan fingerprint density at radius 3 is 1.07 bits per heavy atom. The van der Waals surface area contributed by atoms with Crippen LogP contribution in [-0.4, -0.2) is 6.71 Å². The highest BCUT2D eigenvalue weighted by Crippen LogP contribution is 2.51. The molecule has 0 saturated carbocycles. The Labute approximate surface area is 432 Å². The molecule has 0 atom stereocenters. The average molecular weight is 945 g/mol. The van der Waals surface area contributed by atoms with Crippen molar-refractivity contribution in [1.29, 1.82) is 0 Å². The Morgan fingerprint density at radius 2 is 0.658 bits per heavy atom. The minimum absolute atomic E-state index is 0.0444. The zero-order valence-corrected chi connectivity index (χ0v) is 44.7. The largest absolute Gasteiger partial charge is 0.311 e. The van der Waals surface area contributed by atoms with E-state index in [1.807, 2.05) is 0 Å².